The molecule has 4 heteroatoms. The van der Waals surface area contributed by atoms with E-state index in [-0.39, 0.29) is 12.1 Å². The van der Waals surface area contributed by atoms with E-state index in [4.69, 9.17) is 4.74 Å². The molecule has 1 aromatic carbocycles. The molecular formula is C16H24N2O2. The minimum absolute atomic E-state index is 0.0196. The summed E-state index contributed by atoms with van der Waals surface area (Å²) in [7, 11) is 3.56. The Morgan fingerprint density at radius 3 is 2.50 bits per heavy atom. The van der Waals surface area contributed by atoms with Crippen LogP contribution in [0.3, 0.4) is 0 Å². The number of hydrogen-bond acceptors (Lipinski definition) is 2. The van der Waals surface area contributed by atoms with Crippen molar-refractivity contribution in [2.24, 2.45) is 0 Å². The third-order valence-corrected chi connectivity index (χ3v) is 3.69. The summed E-state index contributed by atoms with van der Waals surface area (Å²) in [5, 5.41) is 0. The molecule has 1 heterocycles. The molecule has 1 unspecified atom stereocenters. The largest absolute Gasteiger partial charge is 0.370 e. The van der Waals surface area contributed by atoms with Gasteiger partial charge in [-0.05, 0) is 17.0 Å². The second kappa shape index (κ2) is 6.27. The van der Waals surface area contributed by atoms with Crippen molar-refractivity contribution in [3.63, 3.8) is 0 Å². The minimum atomic E-state index is -0.0196. The second-order valence-corrected chi connectivity index (χ2v) is 5.80. The number of hydrogen-bond donors (Lipinski definition) is 0. The highest BCUT2D eigenvalue weighted by Crippen LogP contribution is 2.24. The lowest BCUT2D eigenvalue weighted by atomic mass is 9.99. The summed E-state index contributed by atoms with van der Waals surface area (Å²) >= 11 is 0. The normalized spacial score (nSPS) is 19.2. The van der Waals surface area contributed by atoms with Crippen LogP contribution in [0.2, 0.25) is 0 Å². The van der Waals surface area contributed by atoms with Gasteiger partial charge in [-0.1, -0.05) is 38.1 Å². The monoisotopic (exact) mass is 276 g/mol. The van der Waals surface area contributed by atoms with Crippen LogP contribution in [-0.2, 0) is 4.74 Å². The van der Waals surface area contributed by atoms with E-state index in [0.29, 0.717) is 25.6 Å². The molecule has 1 aliphatic heterocycles. The van der Waals surface area contributed by atoms with Crippen LogP contribution >= 0.6 is 0 Å². The first kappa shape index (κ1) is 14.9. The average molecular weight is 276 g/mol. The van der Waals surface area contributed by atoms with Gasteiger partial charge in [0.25, 0.3) is 0 Å². The van der Waals surface area contributed by atoms with Crippen molar-refractivity contribution in [2.45, 2.75) is 25.9 Å². The van der Waals surface area contributed by atoms with Crippen molar-refractivity contribution >= 4 is 6.03 Å². The van der Waals surface area contributed by atoms with E-state index in [9.17, 15) is 4.79 Å². The Hall–Kier alpha value is -1.55. The van der Waals surface area contributed by atoms with Crippen molar-refractivity contribution in [3.8, 4) is 0 Å². The molecule has 0 bridgehead atoms. The molecule has 0 aliphatic carbocycles. The van der Waals surface area contributed by atoms with Crippen molar-refractivity contribution in [3.05, 3.63) is 35.4 Å². The fourth-order valence-electron chi connectivity index (χ4n) is 2.40. The van der Waals surface area contributed by atoms with Gasteiger partial charge in [-0.2, -0.15) is 0 Å². The van der Waals surface area contributed by atoms with Crippen molar-refractivity contribution in [1.82, 2.24) is 9.80 Å². The first-order valence-corrected chi connectivity index (χ1v) is 7.16. The predicted octanol–water partition coefficient (Wildman–Crippen LogP) is 2.86. The molecule has 2 rings (SSSR count). The standard InChI is InChI=1S/C16H24N2O2/c1-12(2)13-5-7-14(8-6-13)15-11-18(9-10-20-15)16(19)17(3)4/h5-8,12,15H,9-11H2,1-4H3. The zero-order valence-corrected chi connectivity index (χ0v) is 12.8. The maximum Gasteiger partial charge on any atom is 0.319 e. The van der Waals surface area contributed by atoms with Gasteiger partial charge >= 0.3 is 6.03 Å². The van der Waals surface area contributed by atoms with E-state index >= 15 is 0 Å². The lowest BCUT2D eigenvalue weighted by molar-refractivity contribution is -0.0188. The number of carbonyl (C=O) groups excluding carboxylic acids is 1. The molecule has 110 valence electrons. The highest BCUT2D eigenvalue weighted by atomic mass is 16.5. The Bertz CT molecular complexity index is 454. The zero-order valence-electron chi connectivity index (χ0n) is 12.8. The number of urea groups is 1. The Morgan fingerprint density at radius 2 is 1.95 bits per heavy atom. The molecule has 1 aromatic rings. The van der Waals surface area contributed by atoms with Gasteiger partial charge in [-0.25, -0.2) is 4.79 Å². The SMILES string of the molecule is CC(C)c1ccc(C2CN(C(=O)N(C)C)CCO2)cc1. The highest BCUT2D eigenvalue weighted by molar-refractivity contribution is 5.74. The number of benzene rings is 1. The first-order chi connectivity index (χ1) is 9.49. The van der Waals surface area contributed by atoms with Gasteiger partial charge < -0.3 is 14.5 Å². The molecule has 4 nitrogen and oxygen atoms in total. The Kier molecular flexibility index (Phi) is 4.65. The number of rotatable bonds is 2. The Labute approximate surface area is 121 Å². The molecule has 1 saturated heterocycles. The topological polar surface area (TPSA) is 32.8 Å². The third kappa shape index (κ3) is 3.31. The minimum Gasteiger partial charge on any atom is -0.370 e. The molecule has 0 saturated carbocycles. The number of carbonyl (C=O) groups is 1. The molecule has 20 heavy (non-hydrogen) atoms. The van der Waals surface area contributed by atoms with Gasteiger partial charge in [0.1, 0.15) is 6.10 Å². The van der Waals surface area contributed by atoms with Gasteiger partial charge in [0.15, 0.2) is 0 Å². The number of amides is 2. The molecule has 0 aromatic heterocycles. The van der Waals surface area contributed by atoms with Crippen LogP contribution < -0.4 is 0 Å². The van der Waals surface area contributed by atoms with Crippen LogP contribution in [0.4, 0.5) is 4.79 Å². The summed E-state index contributed by atoms with van der Waals surface area (Å²) in [5.41, 5.74) is 2.47. The van der Waals surface area contributed by atoms with E-state index in [1.807, 2.05) is 4.90 Å². The van der Waals surface area contributed by atoms with E-state index in [0.717, 1.165) is 5.56 Å². The maximum atomic E-state index is 12.0. The van der Waals surface area contributed by atoms with Crippen molar-refractivity contribution in [1.29, 1.82) is 0 Å². The van der Waals surface area contributed by atoms with E-state index in [2.05, 4.69) is 38.1 Å². The van der Waals surface area contributed by atoms with Crippen molar-refractivity contribution < 1.29 is 9.53 Å². The zero-order chi connectivity index (χ0) is 14.7. The van der Waals surface area contributed by atoms with Gasteiger partial charge in [-0.15, -0.1) is 0 Å². The lowest BCUT2D eigenvalue weighted by Crippen LogP contribution is -2.46. The van der Waals surface area contributed by atoms with Crippen molar-refractivity contribution in [2.75, 3.05) is 33.8 Å². The fraction of sp³-hybridized carbons (Fsp3) is 0.562. The van der Waals surface area contributed by atoms with Crippen LogP contribution in [0, 0.1) is 0 Å². The highest BCUT2D eigenvalue weighted by Gasteiger charge is 2.26. The van der Waals surface area contributed by atoms with E-state index in [1.54, 1.807) is 19.0 Å². The third-order valence-electron chi connectivity index (χ3n) is 3.69. The summed E-state index contributed by atoms with van der Waals surface area (Å²) in [6, 6.07) is 8.58. The first-order valence-electron chi connectivity index (χ1n) is 7.16. The van der Waals surface area contributed by atoms with Crippen LogP contribution in [0.25, 0.3) is 0 Å². The summed E-state index contributed by atoms with van der Waals surface area (Å²) < 4.78 is 5.81. The number of nitrogens with zero attached hydrogens (tertiary/aromatic N) is 2. The molecule has 0 N–H and O–H groups in total. The van der Waals surface area contributed by atoms with Crippen LogP contribution in [0.1, 0.15) is 37.0 Å². The van der Waals surface area contributed by atoms with Gasteiger partial charge in [-0.3, -0.25) is 0 Å². The molecule has 1 atom stereocenters. The summed E-state index contributed by atoms with van der Waals surface area (Å²) in [6.45, 7) is 6.25. The Morgan fingerprint density at radius 1 is 1.30 bits per heavy atom. The fourth-order valence-corrected chi connectivity index (χ4v) is 2.40. The summed E-state index contributed by atoms with van der Waals surface area (Å²) in [5.74, 6) is 0.531. The van der Waals surface area contributed by atoms with Crippen LogP contribution in [-0.4, -0.2) is 49.6 Å². The second-order valence-electron chi connectivity index (χ2n) is 5.80. The molecule has 1 fully saturated rings. The summed E-state index contributed by atoms with van der Waals surface area (Å²) in [4.78, 5) is 15.5. The smallest absolute Gasteiger partial charge is 0.319 e. The predicted molar refractivity (Wildman–Crippen MR) is 79.9 cm³/mol. The molecule has 2 amide bonds. The quantitative estimate of drug-likeness (QED) is 0.832. The van der Waals surface area contributed by atoms with Gasteiger partial charge in [0.2, 0.25) is 0 Å². The number of ether oxygens (including phenoxy) is 1. The van der Waals surface area contributed by atoms with Gasteiger partial charge in [0.05, 0.1) is 13.2 Å². The Balaban J connectivity index is 2.07. The van der Waals surface area contributed by atoms with Crippen LogP contribution in [0.5, 0.6) is 0 Å². The molecule has 0 radical (unpaired) electrons. The average Bonchev–Trinajstić information content (AvgIpc) is 2.46. The van der Waals surface area contributed by atoms with E-state index < -0.39 is 0 Å². The molecule has 1 aliphatic rings. The lowest BCUT2D eigenvalue weighted by Gasteiger charge is -2.34. The van der Waals surface area contributed by atoms with Crippen LogP contribution in [0.15, 0.2) is 24.3 Å². The van der Waals surface area contributed by atoms with E-state index in [1.165, 1.54) is 5.56 Å². The molecule has 0 spiro atoms. The summed E-state index contributed by atoms with van der Waals surface area (Å²) in [6.07, 6.45) is -0.0196. The molecular weight excluding hydrogens is 252 g/mol. The maximum absolute atomic E-state index is 12.0. The van der Waals surface area contributed by atoms with Gasteiger partial charge in [0, 0.05) is 20.6 Å². The number of morpholine rings is 1.